The van der Waals surface area contributed by atoms with Crippen molar-refractivity contribution in [1.82, 2.24) is 15.6 Å². The number of benzene rings is 1. The molecule has 3 rings (SSSR count). The second-order valence-corrected chi connectivity index (χ2v) is 8.18. The summed E-state index contributed by atoms with van der Waals surface area (Å²) in [4.78, 5) is 40.3. The molecule has 9 heteroatoms. The quantitative estimate of drug-likeness (QED) is 0.427. The van der Waals surface area contributed by atoms with Gasteiger partial charge >= 0.3 is 5.97 Å². The van der Waals surface area contributed by atoms with E-state index in [2.05, 4.69) is 15.6 Å². The highest BCUT2D eigenvalue weighted by molar-refractivity contribution is 6.30. The minimum absolute atomic E-state index is 0.0152. The van der Waals surface area contributed by atoms with Crippen molar-refractivity contribution in [3.05, 3.63) is 58.9 Å². The van der Waals surface area contributed by atoms with Crippen molar-refractivity contribution in [2.75, 3.05) is 19.7 Å². The van der Waals surface area contributed by atoms with Gasteiger partial charge in [-0.3, -0.25) is 14.4 Å². The maximum atomic E-state index is 12.3. The fourth-order valence-corrected chi connectivity index (χ4v) is 3.73. The van der Waals surface area contributed by atoms with Gasteiger partial charge in [-0.1, -0.05) is 11.6 Å². The van der Waals surface area contributed by atoms with Crippen LogP contribution in [0.2, 0.25) is 5.02 Å². The number of hydrogen-bond acceptors (Lipinski definition) is 6. The van der Waals surface area contributed by atoms with Gasteiger partial charge in [0, 0.05) is 23.7 Å². The molecule has 0 atom stereocenters. The van der Waals surface area contributed by atoms with Gasteiger partial charge in [-0.05, 0) is 69.0 Å². The molecule has 0 aliphatic heterocycles. The van der Waals surface area contributed by atoms with Crippen LogP contribution < -0.4 is 15.4 Å². The van der Waals surface area contributed by atoms with Gasteiger partial charge in [-0.25, -0.2) is 4.98 Å². The molecule has 0 unspecified atom stereocenters. The maximum Gasteiger partial charge on any atom is 0.308 e. The Morgan fingerprint density at radius 1 is 0.970 bits per heavy atom. The lowest BCUT2D eigenvalue weighted by Crippen LogP contribution is -2.35. The summed E-state index contributed by atoms with van der Waals surface area (Å²) in [5.74, 6) is -0.169. The highest BCUT2D eigenvalue weighted by Gasteiger charge is 2.28. The van der Waals surface area contributed by atoms with E-state index in [0.29, 0.717) is 22.9 Å². The van der Waals surface area contributed by atoms with E-state index >= 15 is 0 Å². The van der Waals surface area contributed by atoms with Crippen LogP contribution in [0.1, 0.15) is 53.5 Å². The summed E-state index contributed by atoms with van der Waals surface area (Å²) in [5.41, 5.74) is 0.759. The molecule has 1 fully saturated rings. The Labute approximate surface area is 198 Å². The Kier molecular flexibility index (Phi) is 9.06. The molecule has 0 radical (unpaired) electrons. The molecule has 8 nitrogen and oxygen atoms in total. The number of aromatic nitrogens is 1. The molecule has 1 aromatic carbocycles. The van der Waals surface area contributed by atoms with Crippen LogP contribution in [-0.2, 0) is 9.53 Å². The minimum atomic E-state index is -0.336. The predicted molar refractivity (Wildman–Crippen MR) is 123 cm³/mol. The molecular weight excluding hydrogens is 446 g/mol. The zero-order valence-corrected chi connectivity index (χ0v) is 19.3. The van der Waals surface area contributed by atoms with Crippen LogP contribution in [-0.4, -0.2) is 48.6 Å². The van der Waals surface area contributed by atoms with Crippen molar-refractivity contribution in [1.29, 1.82) is 0 Å². The van der Waals surface area contributed by atoms with Crippen LogP contribution >= 0.6 is 11.6 Å². The van der Waals surface area contributed by atoms with Crippen LogP contribution in [0.25, 0.3) is 0 Å². The molecule has 2 N–H and O–H groups in total. The Balaban J connectivity index is 1.37. The van der Waals surface area contributed by atoms with E-state index in [9.17, 15) is 14.4 Å². The van der Waals surface area contributed by atoms with Gasteiger partial charge in [0.05, 0.1) is 24.8 Å². The zero-order valence-electron chi connectivity index (χ0n) is 18.5. The van der Waals surface area contributed by atoms with Crippen molar-refractivity contribution >= 4 is 29.4 Å². The first-order chi connectivity index (χ1) is 16.0. The average Bonchev–Trinajstić information content (AvgIpc) is 2.83. The number of nitrogens with one attached hydrogen (secondary N) is 2. The standard InChI is InChI=1S/C24H28ClN3O5/c1-2-32-24(31)17-5-9-19(10-6-17)33-20-11-12-21(28-15-20)23(30)27-14-13-26-22(29)16-3-7-18(25)8-4-16/h3-4,7-8,11-12,15,17,19H,2,5-6,9-10,13-14H2,1H3,(H,26,29)(H,27,30). The van der Waals surface area contributed by atoms with Crippen LogP contribution in [0, 0.1) is 5.92 Å². The number of carbonyl (C=O) groups excluding carboxylic acids is 3. The van der Waals surface area contributed by atoms with Crippen molar-refractivity contribution < 1.29 is 23.9 Å². The molecule has 1 heterocycles. The highest BCUT2D eigenvalue weighted by atomic mass is 35.5. The molecular formula is C24H28ClN3O5. The number of nitrogens with zero attached hydrogens (tertiary/aromatic N) is 1. The molecule has 2 amide bonds. The summed E-state index contributed by atoms with van der Waals surface area (Å²) in [7, 11) is 0. The summed E-state index contributed by atoms with van der Waals surface area (Å²) in [6.45, 7) is 2.76. The monoisotopic (exact) mass is 473 g/mol. The van der Waals surface area contributed by atoms with Crippen molar-refractivity contribution in [3.63, 3.8) is 0 Å². The molecule has 33 heavy (non-hydrogen) atoms. The number of halogens is 1. The number of esters is 1. The van der Waals surface area contributed by atoms with Crippen LogP contribution in [0.3, 0.4) is 0 Å². The lowest BCUT2D eigenvalue weighted by Gasteiger charge is -2.27. The average molecular weight is 474 g/mol. The lowest BCUT2D eigenvalue weighted by atomic mass is 9.87. The van der Waals surface area contributed by atoms with Gasteiger partial charge in [-0.15, -0.1) is 0 Å². The Bertz CT molecular complexity index is 942. The Morgan fingerprint density at radius 3 is 2.24 bits per heavy atom. The van der Waals surface area contributed by atoms with Gasteiger partial charge < -0.3 is 20.1 Å². The normalized spacial score (nSPS) is 17.6. The van der Waals surface area contributed by atoms with E-state index in [4.69, 9.17) is 21.1 Å². The minimum Gasteiger partial charge on any atom is -0.489 e. The number of ether oxygens (including phenoxy) is 2. The summed E-state index contributed by atoms with van der Waals surface area (Å²) in [6, 6.07) is 9.87. The molecule has 0 saturated heterocycles. The van der Waals surface area contributed by atoms with Crippen molar-refractivity contribution in [2.45, 2.75) is 38.7 Å². The third kappa shape index (κ3) is 7.46. The zero-order chi connectivity index (χ0) is 23.6. The predicted octanol–water partition coefficient (Wildman–Crippen LogP) is 3.40. The van der Waals surface area contributed by atoms with Crippen LogP contribution in [0.5, 0.6) is 5.75 Å². The maximum absolute atomic E-state index is 12.3. The van der Waals surface area contributed by atoms with E-state index in [1.807, 2.05) is 6.92 Å². The second kappa shape index (κ2) is 12.2. The number of carbonyl (C=O) groups is 3. The first-order valence-electron chi connectivity index (χ1n) is 11.1. The van der Waals surface area contributed by atoms with Gasteiger partial charge in [0.2, 0.25) is 0 Å². The smallest absolute Gasteiger partial charge is 0.308 e. The molecule has 176 valence electrons. The molecule has 1 aliphatic rings. The van der Waals surface area contributed by atoms with Crippen molar-refractivity contribution in [2.24, 2.45) is 5.92 Å². The van der Waals surface area contributed by atoms with Crippen molar-refractivity contribution in [3.8, 4) is 5.75 Å². The Morgan fingerprint density at radius 2 is 1.64 bits per heavy atom. The largest absolute Gasteiger partial charge is 0.489 e. The summed E-state index contributed by atoms with van der Waals surface area (Å²) in [6.07, 6.45) is 4.56. The van der Waals surface area contributed by atoms with E-state index < -0.39 is 0 Å². The van der Waals surface area contributed by atoms with Crippen LogP contribution in [0.15, 0.2) is 42.6 Å². The molecule has 1 aromatic heterocycles. The van der Waals surface area contributed by atoms with Gasteiger partial charge in [0.25, 0.3) is 11.8 Å². The molecule has 1 saturated carbocycles. The molecule has 0 bridgehead atoms. The van der Waals surface area contributed by atoms with Gasteiger partial charge in [0.15, 0.2) is 0 Å². The van der Waals surface area contributed by atoms with Crippen LogP contribution in [0.4, 0.5) is 0 Å². The van der Waals surface area contributed by atoms with Gasteiger partial charge in [0.1, 0.15) is 11.4 Å². The van der Waals surface area contributed by atoms with E-state index in [1.165, 1.54) is 6.20 Å². The molecule has 0 spiro atoms. The first kappa shape index (κ1) is 24.5. The highest BCUT2D eigenvalue weighted by Crippen LogP contribution is 2.28. The second-order valence-electron chi connectivity index (χ2n) is 7.74. The third-order valence-corrected chi connectivity index (χ3v) is 5.62. The summed E-state index contributed by atoms with van der Waals surface area (Å²) >= 11 is 5.81. The number of rotatable bonds is 9. The fraction of sp³-hybridized carbons (Fsp3) is 0.417. The van der Waals surface area contributed by atoms with E-state index in [1.54, 1.807) is 36.4 Å². The fourth-order valence-electron chi connectivity index (χ4n) is 3.60. The lowest BCUT2D eigenvalue weighted by molar-refractivity contribution is -0.149. The van der Waals surface area contributed by atoms with Gasteiger partial charge in [-0.2, -0.15) is 0 Å². The topological polar surface area (TPSA) is 107 Å². The number of pyridine rings is 1. The summed E-state index contributed by atoms with van der Waals surface area (Å²) in [5, 5.41) is 6.01. The number of amides is 2. The SMILES string of the molecule is CCOC(=O)C1CCC(Oc2ccc(C(=O)NCCNC(=O)c3ccc(Cl)cc3)nc2)CC1. The van der Waals surface area contributed by atoms with E-state index in [-0.39, 0.29) is 48.6 Å². The Hall–Kier alpha value is -3.13. The number of hydrogen-bond donors (Lipinski definition) is 2. The van der Waals surface area contributed by atoms with E-state index in [0.717, 1.165) is 25.7 Å². The first-order valence-corrected chi connectivity index (χ1v) is 11.5. The third-order valence-electron chi connectivity index (χ3n) is 5.37. The molecule has 1 aliphatic carbocycles. The molecule has 2 aromatic rings. The summed E-state index contributed by atoms with van der Waals surface area (Å²) < 4.78 is 11.0.